The van der Waals surface area contributed by atoms with Crippen LogP contribution in [0.3, 0.4) is 0 Å². The highest BCUT2D eigenvalue weighted by Crippen LogP contribution is 2.40. The maximum atomic E-state index is 13.0. The molecule has 4 heterocycles. The minimum atomic E-state index is -4.53. The number of hydrogen-bond donors (Lipinski definition) is 0. The quantitative estimate of drug-likeness (QED) is 0.421. The van der Waals surface area contributed by atoms with Crippen LogP contribution >= 0.6 is 22.7 Å². The van der Waals surface area contributed by atoms with E-state index in [0.29, 0.717) is 38.2 Å². The molecule has 0 aliphatic heterocycles. The number of carbonyl (C=O) groups excluding carboxylic acids is 1. The summed E-state index contributed by atoms with van der Waals surface area (Å²) in [5, 5.41) is 5.62. The minimum absolute atomic E-state index is 0.197. The van der Waals surface area contributed by atoms with Crippen LogP contribution in [0.5, 0.6) is 0 Å². The van der Waals surface area contributed by atoms with Gasteiger partial charge >= 0.3 is 6.18 Å². The molecule has 0 aromatic carbocycles. The second-order valence-electron chi connectivity index (χ2n) is 6.37. The molecule has 30 heavy (non-hydrogen) atoms. The highest BCUT2D eigenvalue weighted by atomic mass is 32.1. The van der Waals surface area contributed by atoms with Gasteiger partial charge in [-0.05, 0) is 13.0 Å². The summed E-state index contributed by atoms with van der Waals surface area (Å²) < 4.78 is 40.6. The summed E-state index contributed by atoms with van der Waals surface area (Å²) in [5.41, 5.74) is 0.991. The van der Waals surface area contributed by atoms with Crippen molar-refractivity contribution in [2.24, 2.45) is 7.05 Å². The molecule has 0 atom stereocenters. The standard InChI is InChI=1S/C18H13F3N6OS2/c1-8-4-10(16-25-12(6-29-16)18(19,20)21)11(5-22-8)17-26-13(14(30-17)9(2)28)15-23-7-24-27(15)3/h4-7H,1-3H3. The van der Waals surface area contributed by atoms with Crippen LogP contribution in [0.15, 0.2) is 24.0 Å². The molecule has 0 saturated carbocycles. The Balaban J connectivity index is 1.89. The number of nitrogens with zero attached hydrogens (tertiary/aromatic N) is 6. The Labute approximate surface area is 176 Å². The molecule has 4 rings (SSSR count). The Morgan fingerprint density at radius 2 is 1.90 bits per heavy atom. The predicted octanol–water partition coefficient (Wildman–Crippen LogP) is 4.65. The third-order valence-corrected chi connectivity index (χ3v) is 6.23. The average Bonchev–Trinajstić information content (AvgIpc) is 3.39. The fourth-order valence-electron chi connectivity index (χ4n) is 2.77. The van der Waals surface area contributed by atoms with E-state index in [1.165, 1.54) is 24.1 Å². The van der Waals surface area contributed by atoms with E-state index in [9.17, 15) is 18.0 Å². The highest BCUT2D eigenvalue weighted by Gasteiger charge is 2.34. The van der Waals surface area contributed by atoms with E-state index in [-0.39, 0.29) is 10.8 Å². The number of pyridine rings is 1. The van der Waals surface area contributed by atoms with Crippen molar-refractivity contribution in [3.8, 4) is 32.7 Å². The summed E-state index contributed by atoms with van der Waals surface area (Å²) >= 11 is 2.02. The minimum Gasteiger partial charge on any atom is -0.294 e. The maximum Gasteiger partial charge on any atom is 0.434 e. The second kappa shape index (κ2) is 7.36. The maximum absolute atomic E-state index is 13.0. The Hall–Kier alpha value is -2.99. The van der Waals surface area contributed by atoms with Crippen molar-refractivity contribution < 1.29 is 18.0 Å². The molecular weight excluding hydrogens is 437 g/mol. The monoisotopic (exact) mass is 450 g/mol. The summed E-state index contributed by atoms with van der Waals surface area (Å²) in [6, 6.07) is 1.66. The van der Waals surface area contributed by atoms with Gasteiger partial charge in [-0.15, -0.1) is 22.7 Å². The van der Waals surface area contributed by atoms with Crippen LogP contribution in [0.4, 0.5) is 13.2 Å². The highest BCUT2D eigenvalue weighted by molar-refractivity contribution is 7.17. The summed E-state index contributed by atoms with van der Waals surface area (Å²) in [6.07, 6.45) is -1.65. The van der Waals surface area contributed by atoms with Crippen LogP contribution < -0.4 is 0 Å². The van der Waals surface area contributed by atoms with Gasteiger partial charge in [-0.25, -0.2) is 19.6 Å². The smallest absolute Gasteiger partial charge is 0.294 e. The molecule has 12 heteroatoms. The van der Waals surface area contributed by atoms with Gasteiger partial charge in [-0.2, -0.15) is 18.3 Å². The lowest BCUT2D eigenvalue weighted by Gasteiger charge is -2.06. The van der Waals surface area contributed by atoms with Gasteiger partial charge in [0.05, 0.1) is 0 Å². The lowest BCUT2D eigenvalue weighted by atomic mass is 10.1. The number of rotatable bonds is 4. The molecule has 0 bridgehead atoms. The molecule has 0 spiro atoms. The Morgan fingerprint density at radius 3 is 2.50 bits per heavy atom. The van der Waals surface area contributed by atoms with Crippen LogP contribution in [0.1, 0.15) is 28.0 Å². The first-order valence-electron chi connectivity index (χ1n) is 8.51. The third kappa shape index (κ3) is 3.63. The Bertz CT molecular complexity index is 1260. The zero-order valence-electron chi connectivity index (χ0n) is 15.9. The van der Waals surface area contributed by atoms with E-state index >= 15 is 0 Å². The molecule has 0 amide bonds. The Kier molecular flexibility index (Phi) is 4.98. The van der Waals surface area contributed by atoms with Gasteiger partial charge in [0.2, 0.25) is 0 Å². The molecular formula is C18H13F3N6OS2. The summed E-state index contributed by atoms with van der Waals surface area (Å²) in [7, 11) is 1.68. The van der Waals surface area contributed by atoms with Crippen LogP contribution in [-0.2, 0) is 13.2 Å². The summed E-state index contributed by atoms with van der Waals surface area (Å²) in [6.45, 7) is 3.15. The number of aromatic nitrogens is 6. The van der Waals surface area contributed by atoms with Gasteiger partial charge in [-0.1, -0.05) is 0 Å². The number of aryl methyl sites for hydroxylation is 2. The number of ketones is 1. The molecule has 0 radical (unpaired) electrons. The number of Topliss-reactive ketones (excluding diaryl/α,β-unsaturated/α-hetero) is 1. The number of hydrogen-bond acceptors (Lipinski definition) is 8. The van der Waals surface area contributed by atoms with Crippen molar-refractivity contribution in [3.63, 3.8) is 0 Å². The van der Waals surface area contributed by atoms with Crippen molar-refractivity contribution in [2.45, 2.75) is 20.0 Å². The lowest BCUT2D eigenvalue weighted by molar-refractivity contribution is -0.140. The topological polar surface area (TPSA) is 86.4 Å². The number of carbonyl (C=O) groups is 1. The molecule has 4 aromatic heterocycles. The van der Waals surface area contributed by atoms with Crippen molar-refractivity contribution in [3.05, 3.63) is 40.2 Å². The molecule has 0 unspecified atom stereocenters. The van der Waals surface area contributed by atoms with Crippen LogP contribution in [0.25, 0.3) is 32.7 Å². The zero-order valence-corrected chi connectivity index (χ0v) is 17.5. The molecule has 154 valence electrons. The first kappa shape index (κ1) is 20.3. The number of alkyl halides is 3. The van der Waals surface area contributed by atoms with Crippen molar-refractivity contribution in [1.82, 2.24) is 29.7 Å². The van der Waals surface area contributed by atoms with E-state index in [4.69, 9.17) is 0 Å². The summed E-state index contributed by atoms with van der Waals surface area (Å²) in [4.78, 5) is 29.3. The summed E-state index contributed by atoms with van der Waals surface area (Å²) in [5.74, 6) is 0.213. The van der Waals surface area contributed by atoms with Gasteiger partial charge in [0.15, 0.2) is 17.3 Å². The molecule has 0 saturated heterocycles. The first-order chi connectivity index (χ1) is 14.1. The third-order valence-electron chi connectivity index (χ3n) is 4.17. The molecule has 0 aliphatic carbocycles. The van der Waals surface area contributed by atoms with E-state index in [0.717, 1.165) is 28.1 Å². The largest absolute Gasteiger partial charge is 0.434 e. The molecule has 0 fully saturated rings. The van der Waals surface area contributed by atoms with Crippen LogP contribution in [0.2, 0.25) is 0 Å². The van der Waals surface area contributed by atoms with Gasteiger partial charge < -0.3 is 0 Å². The molecule has 7 nitrogen and oxygen atoms in total. The number of halogens is 3. The van der Waals surface area contributed by atoms with E-state index in [2.05, 4.69) is 25.0 Å². The van der Waals surface area contributed by atoms with E-state index < -0.39 is 11.9 Å². The fourth-order valence-corrected chi connectivity index (χ4v) is 4.61. The van der Waals surface area contributed by atoms with Gasteiger partial charge in [0, 0.05) is 42.4 Å². The van der Waals surface area contributed by atoms with Crippen LogP contribution in [0, 0.1) is 6.92 Å². The fraction of sp³-hybridized carbons (Fsp3) is 0.222. The lowest BCUT2D eigenvalue weighted by Crippen LogP contribution is -2.04. The van der Waals surface area contributed by atoms with E-state index in [1.807, 2.05) is 0 Å². The molecule has 4 aromatic rings. The van der Waals surface area contributed by atoms with Gasteiger partial charge in [0.1, 0.15) is 26.9 Å². The Morgan fingerprint density at radius 1 is 1.13 bits per heavy atom. The average molecular weight is 450 g/mol. The zero-order chi connectivity index (χ0) is 21.6. The first-order valence-corrected chi connectivity index (χ1v) is 10.2. The van der Waals surface area contributed by atoms with Crippen molar-refractivity contribution in [1.29, 1.82) is 0 Å². The normalized spacial score (nSPS) is 11.8. The number of thiazole rings is 2. The molecule has 0 N–H and O–H groups in total. The van der Waals surface area contributed by atoms with Crippen LogP contribution in [-0.4, -0.2) is 35.5 Å². The van der Waals surface area contributed by atoms with Gasteiger partial charge in [0.25, 0.3) is 0 Å². The molecule has 0 aliphatic rings. The van der Waals surface area contributed by atoms with E-state index in [1.54, 1.807) is 20.0 Å². The SMILES string of the molecule is CC(=O)c1sc(-c2cnc(C)cc2-c2nc(C(F)(F)F)cs2)nc1-c1ncnn1C. The second-order valence-corrected chi connectivity index (χ2v) is 8.22. The predicted molar refractivity (Wildman–Crippen MR) is 106 cm³/mol. The van der Waals surface area contributed by atoms with Gasteiger partial charge in [-0.3, -0.25) is 9.78 Å². The van der Waals surface area contributed by atoms with Crippen molar-refractivity contribution >= 4 is 28.5 Å². The van der Waals surface area contributed by atoms with Crippen molar-refractivity contribution in [2.75, 3.05) is 0 Å².